The zero-order valence-electron chi connectivity index (χ0n) is 22.6. The third-order valence-corrected chi connectivity index (χ3v) is 6.94. The van der Waals surface area contributed by atoms with Gasteiger partial charge in [-0.15, -0.1) is 5.10 Å². The number of ether oxygens (including phenoxy) is 2. The van der Waals surface area contributed by atoms with Crippen molar-refractivity contribution < 1.29 is 48.7 Å². The van der Waals surface area contributed by atoms with Gasteiger partial charge in [0.1, 0.15) is 29.1 Å². The van der Waals surface area contributed by atoms with Crippen molar-refractivity contribution in [3.05, 3.63) is 52.1 Å². The molecule has 2 aromatic heterocycles. The van der Waals surface area contributed by atoms with E-state index in [9.17, 15) is 34.5 Å². The molecule has 0 unspecified atom stereocenters. The summed E-state index contributed by atoms with van der Waals surface area (Å²) < 4.78 is 17.9. The van der Waals surface area contributed by atoms with E-state index in [0.29, 0.717) is 40.9 Å². The molecular formula is C26H31N5O11. The number of nitrogens with zero attached hydrogens (tertiary/aromatic N) is 4. The zero-order valence-corrected chi connectivity index (χ0v) is 22.6. The molecule has 3 aromatic rings. The lowest BCUT2D eigenvalue weighted by Gasteiger charge is -2.41. The zero-order chi connectivity index (χ0) is 30.4. The van der Waals surface area contributed by atoms with Crippen molar-refractivity contribution >= 4 is 28.9 Å². The number of benzene rings is 1. The number of aromatic nitrogens is 3. The summed E-state index contributed by atoms with van der Waals surface area (Å²) in [6, 6.07) is 4.31. The summed E-state index contributed by atoms with van der Waals surface area (Å²) in [4.78, 5) is 48.2. The van der Waals surface area contributed by atoms with Gasteiger partial charge in [0.15, 0.2) is 6.10 Å². The quantitative estimate of drug-likeness (QED) is 0.131. The Morgan fingerprint density at radius 1 is 1.19 bits per heavy atom. The van der Waals surface area contributed by atoms with Crippen molar-refractivity contribution in [3.63, 3.8) is 0 Å². The Hall–Kier alpha value is -4.38. The van der Waals surface area contributed by atoms with Gasteiger partial charge in [0, 0.05) is 30.6 Å². The molecule has 42 heavy (non-hydrogen) atoms. The molecule has 0 bridgehead atoms. The second-order valence-corrected chi connectivity index (χ2v) is 9.76. The maximum Gasteiger partial charge on any atom is 0.336 e. The molecule has 0 amide bonds. The summed E-state index contributed by atoms with van der Waals surface area (Å²) in [6.07, 6.45) is -1.01. The Morgan fingerprint density at radius 3 is 2.62 bits per heavy atom. The highest BCUT2D eigenvalue weighted by Crippen LogP contribution is 2.23. The highest BCUT2D eigenvalue weighted by molar-refractivity contribution is 5.81. The van der Waals surface area contributed by atoms with Crippen LogP contribution in [0.15, 0.2) is 39.7 Å². The lowest BCUT2D eigenvalue weighted by molar-refractivity contribution is -0.152. The van der Waals surface area contributed by atoms with Crippen LogP contribution in [-0.2, 0) is 32.3 Å². The van der Waals surface area contributed by atoms with E-state index in [1.807, 2.05) is 0 Å². The van der Waals surface area contributed by atoms with Gasteiger partial charge in [0.2, 0.25) is 0 Å². The first-order valence-corrected chi connectivity index (χ1v) is 13.0. The lowest BCUT2D eigenvalue weighted by atomic mass is 10.0. The minimum absolute atomic E-state index is 0.0359. The molecule has 226 valence electrons. The Labute approximate surface area is 238 Å². The summed E-state index contributed by atoms with van der Waals surface area (Å²) >= 11 is 0. The van der Waals surface area contributed by atoms with Gasteiger partial charge >= 0.3 is 23.5 Å². The fourth-order valence-electron chi connectivity index (χ4n) is 4.62. The van der Waals surface area contributed by atoms with Crippen molar-refractivity contribution in [2.24, 2.45) is 0 Å². The van der Waals surface area contributed by atoms with Gasteiger partial charge in [0.05, 0.1) is 32.6 Å². The standard InChI is InChI=1S/C26H31N5O11/c1-40-16-2-3-17-14(8-22(33)42-20(17)9-16)10-31-11-15(28-29-31)13-41-21(12-30-7-5-18(30)24(34)35)23(26(38)39)27-6-4-19(32)25(36)37/h2-3,8-9,11,18-19,21,23,27,32H,4-7,10,12-13H2,1H3,(H,34,35)(H,36,37)(H,38,39)/t18-,19-,21+,23-/m0/s1. The lowest BCUT2D eigenvalue weighted by Crippen LogP contribution is -2.59. The van der Waals surface area contributed by atoms with Crippen LogP contribution in [0.5, 0.6) is 5.75 Å². The second kappa shape index (κ2) is 13.5. The molecule has 1 aromatic carbocycles. The average molecular weight is 590 g/mol. The van der Waals surface area contributed by atoms with Crippen LogP contribution in [-0.4, -0.2) is 109 Å². The van der Waals surface area contributed by atoms with Crippen molar-refractivity contribution in [2.75, 3.05) is 26.7 Å². The number of nitrogens with one attached hydrogen (secondary N) is 1. The smallest absolute Gasteiger partial charge is 0.336 e. The SMILES string of the molecule is COc1ccc2c(Cn3cc(CO[C@H](CN4CC[C@H]4C(=O)O)[C@H](NCC[C@H](O)C(=O)O)C(=O)O)nn3)cc(=O)oc2c1. The summed E-state index contributed by atoms with van der Waals surface area (Å²) in [5.74, 6) is -3.24. The number of carbonyl (C=O) groups is 3. The molecule has 0 saturated carbocycles. The number of methoxy groups -OCH3 is 1. The van der Waals surface area contributed by atoms with Crippen LogP contribution in [0.3, 0.4) is 0 Å². The van der Waals surface area contributed by atoms with Crippen LogP contribution in [0.25, 0.3) is 11.0 Å². The molecule has 1 fully saturated rings. The van der Waals surface area contributed by atoms with Crippen LogP contribution in [0.2, 0.25) is 0 Å². The maximum absolute atomic E-state index is 12.1. The molecule has 0 spiro atoms. The first-order valence-electron chi connectivity index (χ1n) is 13.0. The topological polar surface area (TPSA) is 227 Å². The van der Waals surface area contributed by atoms with Crippen LogP contribution in [0, 0.1) is 0 Å². The minimum Gasteiger partial charge on any atom is -0.497 e. The van der Waals surface area contributed by atoms with E-state index in [4.69, 9.17) is 19.0 Å². The molecule has 5 N–H and O–H groups in total. The molecule has 1 saturated heterocycles. The number of aliphatic carboxylic acids is 3. The normalized spacial score (nSPS) is 17.3. The van der Waals surface area contributed by atoms with Crippen LogP contribution in [0.4, 0.5) is 0 Å². The summed E-state index contributed by atoms with van der Waals surface area (Å²) in [7, 11) is 1.50. The molecule has 1 aliphatic rings. The van der Waals surface area contributed by atoms with Crippen molar-refractivity contribution in [1.82, 2.24) is 25.2 Å². The molecule has 1 aliphatic heterocycles. The van der Waals surface area contributed by atoms with Gasteiger partial charge in [-0.25, -0.2) is 14.3 Å². The number of fused-ring (bicyclic) bond motifs is 1. The third-order valence-electron chi connectivity index (χ3n) is 6.94. The van der Waals surface area contributed by atoms with Crippen molar-refractivity contribution in [3.8, 4) is 5.75 Å². The van der Waals surface area contributed by atoms with Gasteiger partial charge in [-0.2, -0.15) is 0 Å². The molecule has 16 nitrogen and oxygen atoms in total. The van der Waals surface area contributed by atoms with E-state index in [1.165, 1.54) is 17.9 Å². The number of hydrogen-bond acceptors (Lipinski definition) is 12. The van der Waals surface area contributed by atoms with E-state index in [1.54, 1.807) is 29.3 Å². The van der Waals surface area contributed by atoms with Crippen molar-refractivity contribution in [2.45, 2.75) is 50.3 Å². The maximum atomic E-state index is 12.1. The predicted octanol–water partition coefficient (Wildman–Crippen LogP) is -0.636. The number of carboxylic acids is 3. The van der Waals surface area contributed by atoms with Gasteiger partial charge < -0.3 is 39.6 Å². The van der Waals surface area contributed by atoms with Gasteiger partial charge in [-0.3, -0.25) is 14.5 Å². The number of likely N-dealkylation sites (tertiary alicyclic amines) is 1. The Balaban J connectivity index is 1.47. The summed E-state index contributed by atoms with van der Waals surface area (Å²) in [5.41, 5.74) is 0.760. The van der Waals surface area contributed by atoms with E-state index < -0.39 is 47.8 Å². The number of hydrogen-bond donors (Lipinski definition) is 5. The fraction of sp³-hybridized carbons (Fsp3) is 0.462. The Bertz CT molecular complexity index is 1490. The van der Waals surface area contributed by atoms with E-state index in [0.717, 1.165) is 0 Å². The van der Waals surface area contributed by atoms with Crippen LogP contribution in [0.1, 0.15) is 24.1 Å². The molecule has 3 heterocycles. The molecular weight excluding hydrogens is 558 g/mol. The van der Waals surface area contributed by atoms with E-state index in [-0.39, 0.29) is 32.7 Å². The minimum atomic E-state index is -1.68. The molecule has 16 heteroatoms. The monoisotopic (exact) mass is 589 g/mol. The first-order chi connectivity index (χ1) is 20.0. The number of aliphatic hydroxyl groups is 1. The largest absolute Gasteiger partial charge is 0.497 e. The van der Waals surface area contributed by atoms with Gasteiger partial charge in [-0.05, 0) is 37.1 Å². The molecule has 4 rings (SSSR count). The van der Waals surface area contributed by atoms with E-state index in [2.05, 4.69) is 15.6 Å². The third kappa shape index (κ3) is 7.47. The predicted molar refractivity (Wildman–Crippen MR) is 142 cm³/mol. The summed E-state index contributed by atoms with van der Waals surface area (Å²) in [6.45, 7) is 0.250. The van der Waals surface area contributed by atoms with Crippen LogP contribution < -0.4 is 15.7 Å². The number of carboxylic acid groups (broad SMARTS) is 3. The Morgan fingerprint density at radius 2 is 1.98 bits per heavy atom. The average Bonchev–Trinajstić information content (AvgIpc) is 3.36. The number of aliphatic hydroxyl groups excluding tert-OH is 1. The molecule has 0 radical (unpaired) electrons. The first kappa shape index (κ1) is 30.6. The highest BCUT2D eigenvalue weighted by Gasteiger charge is 2.39. The van der Waals surface area contributed by atoms with E-state index >= 15 is 0 Å². The molecule has 0 aliphatic carbocycles. The number of rotatable bonds is 16. The highest BCUT2D eigenvalue weighted by atomic mass is 16.5. The Kier molecular flexibility index (Phi) is 9.84. The molecule has 4 atom stereocenters. The second-order valence-electron chi connectivity index (χ2n) is 9.76. The van der Waals surface area contributed by atoms with Crippen molar-refractivity contribution in [1.29, 1.82) is 0 Å². The fourth-order valence-corrected chi connectivity index (χ4v) is 4.62. The van der Waals surface area contributed by atoms with Crippen LogP contribution >= 0.6 is 0 Å². The summed E-state index contributed by atoms with van der Waals surface area (Å²) in [5, 5.41) is 49.2. The van der Waals surface area contributed by atoms with Gasteiger partial charge in [0.25, 0.3) is 0 Å². The van der Waals surface area contributed by atoms with Gasteiger partial charge in [-0.1, -0.05) is 5.21 Å².